The highest BCUT2D eigenvalue weighted by molar-refractivity contribution is 6.00. The molecule has 0 bridgehead atoms. The van der Waals surface area contributed by atoms with Crippen molar-refractivity contribution in [3.05, 3.63) is 29.3 Å². The van der Waals surface area contributed by atoms with Crippen molar-refractivity contribution in [2.75, 3.05) is 25.1 Å². The van der Waals surface area contributed by atoms with E-state index in [1.165, 1.54) is 18.2 Å². The third kappa shape index (κ3) is 4.55. The maximum Gasteiger partial charge on any atom is 0.338 e. The van der Waals surface area contributed by atoms with Crippen LogP contribution in [0.3, 0.4) is 0 Å². The minimum absolute atomic E-state index is 0.171. The zero-order valence-corrected chi connectivity index (χ0v) is 13.8. The highest BCUT2D eigenvalue weighted by atomic mass is 16.5. The van der Waals surface area contributed by atoms with Gasteiger partial charge in [-0.15, -0.1) is 0 Å². The van der Waals surface area contributed by atoms with Gasteiger partial charge >= 0.3 is 11.9 Å². The van der Waals surface area contributed by atoms with Crippen molar-refractivity contribution >= 4 is 23.5 Å². The predicted octanol–water partition coefficient (Wildman–Crippen LogP) is 2.16. The van der Waals surface area contributed by atoms with Gasteiger partial charge < -0.3 is 19.5 Å². The van der Waals surface area contributed by atoms with Crippen molar-refractivity contribution in [1.29, 1.82) is 0 Å². The van der Waals surface area contributed by atoms with Crippen LogP contribution >= 0.6 is 0 Å². The SMILES string of the molecule is CCOC(=O)c1cc(NC(=O)[C@@H]2CCCO2)cc(C(=O)OCC)c1. The smallest absolute Gasteiger partial charge is 0.338 e. The van der Waals surface area contributed by atoms with Gasteiger partial charge in [0.2, 0.25) is 0 Å². The molecule has 1 heterocycles. The van der Waals surface area contributed by atoms with Crippen LogP contribution < -0.4 is 5.32 Å². The van der Waals surface area contributed by atoms with Crippen molar-refractivity contribution < 1.29 is 28.6 Å². The number of hydrogen-bond donors (Lipinski definition) is 1. The zero-order valence-electron chi connectivity index (χ0n) is 13.8. The molecule has 130 valence electrons. The summed E-state index contributed by atoms with van der Waals surface area (Å²) in [6.07, 6.45) is 0.964. The van der Waals surface area contributed by atoms with Gasteiger partial charge in [-0.1, -0.05) is 0 Å². The van der Waals surface area contributed by atoms with E-state index in [0.29, 0.717) is 18.7 Å². The second-order valence-electron chi connectivity index (χ2n) is 5.23. The third-order valence-corrected chi connectivity index (χ3v) is 3.44. The number of carbonyl (C=O) groups is 3. The number of hydrogen-bond acceptors (Lipinski definition) is 6. The van der Waals surface area contributed by atoms with Crippen molar-refractivity contribution in [3.63, 3.8) is 0 Å². The summed E-state index contributed by atoms with van der Waals surface area (Å²) in [5.41, 5.74) is 0.666. The fourth-order valence-electron chi connectivity index (χ4n) is 2.37. The lowest BCUT2D eigenvalue weighted by Gasteiger charge is -2.13. The minimum Gasteiger partial charge on any atom is -0.462 e. The summed E-state index contributed by atoms with van der Waals surface area (Å²) < 4.78 is 15.2. The first kappa shape index (κ1) is 17.9. The fraction of sp³-hybridized carbons (Fsp3) is 0.471. The molecule has 1 saturated heterocycles. The van der Waals surface area contributed by atoms with E-state index in [9.17, 15) is 14.4 Å². The Bertz CT molecular complexity index is 585. The number of nitrogens with one attached hydrogen (secondary N) is 1. The van der Waals surface area contributed by atoms with Crippen LogP contribution in [-0.4, -0.2) is 43.8 Å². The molecule has 2 rings (SSSR count). The van der Waals surface area contributed by atoms with Crippen LogP contribution in [0.4, 0.5) is 5.69 Å². The molecule has 0 aliphatic carbocycles. The maximum atomic E-state index is 12.2. The highest BCUT2D eigenvalue weighted by Crippen LogP contribution is 2.20. The second-order valence-corrected chi connectivity index (χ2v) is 5.23. The third-order valence-electron chi connectivity index (χ3n) is 3.44. The number of benzene rings is 1. The van der Waals surface area contributed by atoms with Crippen molar-refractivity contribution in [2.45, 2.75) is 32.8 Å². The van der Waals surface area contributed by atoms with Crippen LogP contribution in [0.2, 0.25) is 0 Å². The van der Waals surface area contributed by atoms with E-state index in [2.05, 4.69) is 5.32 Å². The topological polar surface area (TPSA) is 90.9 Å². The van der Waals surface area contributed by atoms with Gasteiger partial charge in [0.05, 0.1) is 24.3 Å². The lowest BCUT2D eigenvalue weighted by molar-refractivity contribution is -0.124. The molecule has 0 unspecified atom stereocenters. The molecule has 1 aromatic carbocycles. The van der Waals surface area contributed by atoms with Crippen LogP contribution in [0.15, 0.2) is 18.2 Å². The summed E-state index contributed by atoms with van der Waals surface area (Å²) in [6, 6.07) is 4.32. The van der Waals surface area contributed by atoms with E-state index < -0.39 is 18.0 Å². The molecule has 0 radical (unpaired) electrons. The molecule has 1 aromatic rings. The Morgan fingerprint density at radius 1 is 1.08 bits per heavy atom. The largest absolute Gasteiger partial charge is 0.462 e. The summed E-state index contributed by atoms with van der Waals surface area (Å²) >= 11 is 0. The molecule has 7 heteroatoms. The van der Waals surface area contributed by atoms with Gasteiger partial charge in [0.15, 0.2) is 0 Å². The summed E-state index contributed by atoms with van der Waals surface area (Å²) in [6.45, 7) is 4.34. The Morgan fingerprint density at radius 3 is 2.12 bits per heavy atom. The first-order chi connectivity index (χ1) is 11.5. The highest BCUT2D eigenvalue weighted by Gasteiger charge is 2.24. The molecule has 1 aliphatic heterocycles. The molecule has 0 aromatic heterocycles. The van der Waals surface area contributed by atoms with Crippen LogP contribution in [0.5, 0.6) is 0 Å². The quantitative estimate of drug-likeness (QED) is 0.801. The summed E-state index contributed by atoms with van der Waals surface area (Å²) in [7, 11) is 0. The van der Waals surface area contributed by atoms with E-state index in [-0.39, 0.29) is 30.2 Å². The van der Waals surface area contributed by atoms with Gasteiger partial charge in [-0.3, -0.25) is 4.79 Å². The molecule has 24 heavy (non-hydrogen) atoms. The molecular formula is C17H21NO6. The van der Waals surface area contributed by atoms with Gasteiger partial charge in [-0.2, -0.15) is 0 Å². The number of amides is 1. The maximum absolute atomic E-state index is 12.2. The molecule has 1 N–H and O–H groups in total. The van der Waals surface area contributed by atoms with E-state index in [4.69, 9.17) is 14.2 Å². The zero-order chi connectivity index (χ0) is 17.5. The summed E-state index contributed by atoms with van der Waals surface area (Å²) in [5, 5.41) is 2.68. The van der Waals surface area contributed by atoms with E-state index in [1.54, 1.807) is 13.8 Å². The van der Waals surface area contributed by atoms with Gasteiger partial charge in [-0.05, 0) is 44.9 Å². The first-order valence-electron chi connectivity index (χ1n) is 7.97. The average Bonchev–Trinajstić information content (AvgIpc) is 3.09. The molecule has 0 spiro atoms. The standard InChI is InChI=1S/C17H21NO6/c1-3-22-16(20)11-8-12(17(21)23-4-2)10-13(9-11)18-15(19)14-6-5-7-24-14/h8-10,14H,3-7H2,1-2H3,(H,18,19)/t14-/m0/s1. The molecule has 1 fully saturated rings. The molecule has 1 amide bonds. The second kappa shape index (κ2) is 8.44. The van der Waals surface area contributed by atoms with Gasteiger partial charge in [0.25, 0.3) is 5.91 Å². The molecule has 0 saturated carbocycles. The Kier molecular flexibility index (Phi) is 6.31. The number of rotatable bonds is 6. The predicted molar refractivity (Wildman–Crippen MR) is 86.0 cm³/mol. The summed E-state index contributed by atoms with van der Waals surface area (Å²) in [4.78, 5) is 36.1. The Morgan fingerprint density at radius 2 is 1.67 bits per heavy atom. The Hall–Kier alpha value is -2.41. The van der Waals surface area contributed by atoms with Crippen molar-refractivity contribution in [1.82, 2.24) is 0 Å². The van der Waals surface area contributed by atoms with Gasteiger partial charge in [-0.25, -0.2) is 9.59 Å². The number of anilines is 1. The Balaban J connectivity index is 2.25. The van der Waals surface area contributed by atoms with E-state index in [1.807, 2.05) is 0 Å². The Labute approximate surface area is 140 Å². The van der Waals surface area contributed by atoms with Crippen molar-refractivity contribution in [3.8, 4) is 0 Å². The van der Waals surface area contributed by atoms with E-state index in [0.717, 1.165) is 6.42 Å². The lowest BCUT2D eigenvalue weighted by Crippen LogP contribution is -2.27. The fourth-order valence-corrected chi connectivity index (χ4v) is 2.37. The number of esters is 2. The number of ether oxygens (including phenoxy) is 3. The first-order valence-corrected chi connectivity index (χ1v) is 7.97. The van der Waals surface area contributed by atoms with Crippen LogP contribution in [0, 0.1) is 0 Å². The van der Waals surface area contributed by atoms with Gasteiger partial charge in [0, 0.05) is 12.3 Å². The van der Waals surface area contributed by atoms with Crippen molar-refractivity contribution in [2.24, 2.45) is 0 Å². The molecule has 1 aliphatic rings. The van der Waals surface area contributed by atoms with Crippen LogP contribution in [0.25, 0.3) is 0 Å². The van der Waals surface area contributed by atoms with E-state index >= 15 is 0 Å². The monoisotopic (exact) mass is 335 g/mol. The minimum atomic E-state index is -0.573. The number of carbonyl (C=O) groups excluding carboxylic acids is 3. The normalized spacial score (nSPS) is 16.5. The molecule has 7 nitrogen and oxygen atoms in total. The summed E-state index contributed by atoms with van der Waals surface area (Å²) in [5.74, 6) is -1.45. The van der Waals surface area contributed by atoms with Gasteiger partial charge in [0.1, 0.15) is 6.10 Å². The van der Waals surface area contributed by atoms with Crippen LogP contribution in [-0.2, 0) is 19.0 Å². The molecular weight excluding hydrogens is 314 g/mol. The molecule has 1 atom stereocenters. The van der Waals surface area contributed by atoms with Crippen LogP contribution in [0.1, 0.15) is 47.4 Å². The average molecular weight is 335 g/mol. The lowest BCUT2D eigenvalue weighted by atomic mass is 10.1.